The molecule has 0 saturated carbocycles. The van der Waals surface area contributed by atoms with Crippen molar-refractivity contribution in [1.82, 2.24) is 10.2 Å². The molecular weight excluding hydrogens is 199 g/mol. The summed E-state index contributed by atoms with van der Waals surface area (Å²) >= 11 is 5.01. The van der Waals surface area contributed by atoms with Gasteiger partial charge in [0.1, 0.15) is 5.82 Å². The fourth-order valence-corrected chi connectivity index (χ4v) is 1.21. The molecular formula is C10H13FN2S. The predicted octanol–water partition coefficient (Wildman–Crippen LogP) is 1.76. The summed E-state index contributed by atoms with van der Waals surface area (Å²) in [5, 5.41) is 3.44. The Morgan fingerprint density at radius 1 is 1.50 bits per heavy atom. The fourth-order valence-electron chi connectivity index (χ4n) is 1.14. The molecule has 0 heterocycles. The number of hydrogen-bond acceptors (Lipinski definition) is 1. The molecule has 0 bridgehead atoms. The first-order valence-corrected chi connectivity index (χ1v) is 4.72. The number of halogens is 1. The van der Waals surface area contributed by atoms with E-state index in [0.717, 1.165) is 0 Å². The molecule has 4 heteroatoms. The Labute approximate surface area is 88.7 Å². The molecule has 0 radical (unpaired) electrons. The van der Waals surface area contributed by atoms with Gasteiger partial charge in [-0.15, -0.1) is 0 Å². The minimum atomic E-state index is -0.196. The summed E-state index contributed by atoms with van der Waals surface area (Å²) in [6, 6.07) is 6.69. The first kappa shape index (κ1) is 10.9. The van der Waals surface area contributed by atoms with Gasteiger partial charge in [0.2, 0.25) is 0 Å². The molecule has 76 valence electrons. The van der Waals surface area contributed by atoms with Crippen molar-refractivity contribution in [3.05, 3.63) is 35.6 Å². The zero-order valence-electron chi connectivity index (χ0n) is 8.25. The maximum atomic E-state index is 13.2. The molecule has 0 spiro atoms. The molecule has 1 aromatic rings. The van der Waals surface area contributed by atoms with Gasteiger partial charge in [-0.05, 0) is 18.3 Å². The minimum absolute atomic E-state index is 0.196. The maximum absolute atomic E-state index is 13.2. The predicted molar refractivity (Wildman–Crippen MR) is 59.5 cm³/mol. The van der Waals surface area contributed by atoms with Crippen molar-refractivity contribution in [1.29, 1.82) is 0 Å². The second kappa shape index (κ2) is 4.91. The summed E-state index contributed by atoms with van der Waals surface area (Å²) in [5.41, 5.74) is 0.646. The Kier molecular flexibility index (Phi) is 3.83. The van der Waals surface area contributed by atoms with Crippen LogP contribution in [0, 0.1) is 5.82 Å². The van der Waals surface area contributed by atoms with E-state index in [0.29, 0.717) is 17.2 Å². The molecule has 0 unspecified atom stereocenters. The average molecular weight is 212 g/mol. The second-order valence-corrected chi connectivity index (χ2v) is 3.39. The minimum Gasteiger partial charge on any atom is -0.366 e. The van der Waals surface area contributed by atoms with Gasteiger partial charge in [-0.3, -0.25) is 0 Å². The van der Waals surface area contributed by atoms with Gasteiger partial charge in [0.25, 0.3) is 0 Å². The highest BCUT2D eigenvalue weighted by atomic mass is 32.1. The van der Waals surface area contributed by atoms with E-state index < -0.39 is 0 Å². The van der Waals surface area contributed by atoms with Gasteiger partial charge >= 0.3 is 0 Å². The number of benzene rings is 1. The zero-order valence-corrected chi connectivity index (χ0v) is 9.07. The van der Waals surface area contributed by atoms with E-state index in [1.807, 2.05) is 13.1 Å². The van der Waals surface area contributed by atoms with Crippen molar-refractivity contribution in [3.8, 4) is 0 Å². The molecule has 0 saturated heterocycles. The first-order valence-electron chi connectivity index (χ1n) is 4.31. The third-order valence-corrected chi connectivity index (χ3v) is 2.44. The molecule has 0 aromatic heterocycles. The van der Waals surface area contributed by atoms with Crippen LogP contribution in [0.4, 0.5) is 4.39 Å². The van der Waals surface area contributed by atoms with E-state index in [1.54, 1.807) is 24.1 Å². The lowest BCUT2D eigenvalue weighted by molar-refractivity contribution is 0.475. The van der Waals surface area contributed by atoms with Crippen LogP contribution < -0.4 is 5.32 Å². The van der Waals surface area contributed by atoms with Crippen molar-refractivity contribution < 1.29 is 4.39 Å². The van der Waals surface area contributed by atoms with E-state index in [2.05, 4.69) is 5.32 Å². The standard InChI is InChI=1S/C10H13FN2S/c1-12-10(14)13(2)7-8-5-3-4-6-9(8)11/h3-6H,7H2,1-2H3,(H,12,14). The van der Waals surface area contributed by atoms with E-state index in [-0.39, 0.29) is 5.82 Å². The van der Waals surface area contributed by atoms with Crippen molar-refractivity contribution in [2.24, 2.45) is 0 Å². The Hall–Kier alpha value is -1.16. The van der Waals surface area contributed by atoms with Crippen LogP contribution in [0.1, 0.15) is 5.56 Å². The molecule has 0 fully saturated rings. The number of nitrogens with one attached hydrogen (secondary N) is 1. The lowest BCUT2D eigenvalue weighted by Crippen LogP contribution is -2.34. The van der Waals surface area contributed by atoms with Crippen molar-refractivity contribution >= 4 is 17.3 Å². The van der Waals surface area contributed by atoms with E-state index in [4.69, 9.17) is 12.2 Å². The summed E-state index contributed by atoms with van der Waals surface area (Å²) in [5.74, 6) is -0.196. The van der Waals surface area contributed by atoms with Crippen LogP contribution in [0.15, 0.2) is 24.3 Å². The van der Waals surface area contributed by atoms with Gasteiger partial charge in [0, 0.05) is 26.2 Å². The van der Waals surface area contributed by atoms with Gasteiger partial charge < -0.3 is 10.2 Å². The third kappa shape index (κ3) is 2.67. The molecule has 14 heavy (non-hydrogen) atoms. The third-order valence-electron chi connectivity index (χ3n) is 1.93. The van der Waals surface area contributed by atoms with Crippen LogP contribution in [-0.2, 0) is 6.54 Å². The first-order chi connectivity index (χ1) is 6.65. The summed E-state index contributed by atoms with van der Waals surface area (Å²) in [6.07, 6.45) is 0. The number of nitrogens with zero attached hydrogens (tertiary/aromatic N) is 1. The van der Waals surface area contributed by atoms with Gasteiger partial charge in [-0.2, -0.15) is 0 Å². The molecule has 0 atom stereocenters. The Morgan fingerprint density at radius 3 is 2.71 bits per heavy atom. The molecule has 0 amide bonds. The number of rotatable bonds is 2. The SMILES string of the molecule is CNC(=S)N(C)Cc1ccccc1F. The van der Waals surface area contributed by atoms with Gasteiger partial charge in [0.15, 0.2) is 5.11 Å². The Morgan fingerprint density at radius 2 is 2.14 bits per heavy atom. The number of hydrogen-bond donors (Lipinski definition) is 1. The zero-order chi connectivity index (χ0) is 10.6. The summed E-state index contributed by atoms with van der Waals surface area (Å²) in [6.45, 7) is 0.479. The summed E-state index contributed by atoms with van der Waals surface area (Å²) in [7, 11) is 3.57. The van der Waals surface area contributed by atoms with Crippen molar-refractivity contribution in [2.45, 2.75) is 6.54 Å². The second-order valence-electron chi connectivity index (χ2n) is 3.00. The average Bonchev–Trinajstić information content (AvgIpc) is 2.20. The Bertz CT molecular complexity index is 328. The van der Waals surface area contributed by atoms with Crippen LogP contribution in [-0.4, -0.2) is 24.1 Å². The largest absolute Gasteiger partial charge is 0.366 e. The smallest absolute Gasteiger partial charge is 0.168 e. The van der Waals surface area contributed by atoms with Gasteiger partial charge in [0.05, 0.1) is 0 Å². The van der Waals surface area contributed by atoms with Gasteiger partial charge in [-0.1, -0.05) is 18.2 Å². The van der Waals surface area contributed by atoms with Crippen LogP contribution in [0.5, 0.6) is 0 Å². The molecule has 1 N–H and O–H groups in total. The molecule has 2 nitrogen and oxygen atoms in total. The fraction of sp³-hybridized carbons (Fsp3) is 0.300. The number of thiocarbonyl (C=S) groups is 1. The van der Waals surface area contributed by atoms with Gasteiger partial charge in [-0.25, -0.2) is 4.39 Å². The lowest BCUT2D eigenvalue weighted by atomic mass is 10.2. The topological polar surface area (TPSA) is 15.3 Å². The van der Waals surface area contributed by atoms with Crippen molar-refractivity contribution in [3.63, 3.8) is 0 Å². The molecule has 1 rings (SSSR count). The monoisotopic (exact) mass is 212 g/mol. The normalized spacial score (nSPS) is 9.64. The lowest BCUT2D eigenvalue weighted by Gasteiger charge is -2.19. The van der Waals surface area contributed by atoms with E-state index in [9.17, 15) is 4.39 Å². The van der Waals surface area contributed by atoms with Crippen LogP contribution in [0.2, 0.25) is 0 Å². The molecule has 0 aliphatic rings. The van der Waals surface area contributed by atoms with Crippen LogP contribution in [0.3, 0.4) is 0 Å². The molecule has 1 aromatic carbocycles. The van der Waals surface area contributed by atoms with E-state index in [1.165, 1.54) is 6.07 Å². The highest BCUT2D eigenvalue weighted by Crippen LogP contribution is 2.08. The molecule has 0 aliphatic heterocycles. The highest BCUT2D eigenvalue weighted by Gasteiger charge is 2.06. The quantitative estimate of drug-likeness (QED) is 0.752. The maximum Gasteiger partial charge on any atom is 0.168 e. The summed E-state index contributed by atoms with van der Waals surface area (Å²) < 4.78 is 13.2. The molecule has 0 aliphatic carbocycles. The van der Waals surface area contributed by atoms with Crippen LogP contribution >= 0.6 is 12.2 Å². The Balaban J connectivity index is 2.69. The van der Waals surface area contributed by atoms with Crippen molar-refractivity contribution in [2.75, 3.05) is 14.1 Å². The van der Waals surface area contributed by atoms with Crippen LogP contribution in [0.25, 0.3) is 0 Å². The van der Waals surface area contributed by atoms with E-state index >= 15 is 0 Å². The highest BCUT2D eigenvalue weighted by molar-refractivity contribution is 7.80. The summed E-state index contributed by atoms with van der Waals surface area (Å²) in [4.78, 5) is 1.79.